The van der Waals surface area contributed by atoms with Crippen LogP contribution in [0.3, 0.4) is 0 Å². The molecule has 1 unspecified atom stereocenters. The summed E-state index contributed by atoms with van der Waals surface area (Å²) in [6.07, 6.45) is 5.90. The van der Waals surface area contributed by atoms with Gasteiger partial charge in [0.2, 0.25) is 5.91 Å². The molecule has 5 nitrogen and oxygen atoms in total. The SMILES string of the molecule is CC(Cc1cnccn1)N(C)CC(=O)NCc1cccs1. The van der Waals surface area contributed by atoms with Crippen LogP contribution in [0.1, 0.15) is 17.5 Å². The zero-order chi connectivity index (χ0) is 15.1. The number of hydrogen-bond donors (Lipinski definition) is 1. The van der Waals surface area contributed by atoms with Crippen LogP contribution in [0.5, 0.6) is 0 Å². The van der Waals surface area contributed by atoms with Crippen molar-refractivity contribution in [1.82, 2.24) is 20.2 Å². The largest absolute Gasteiger partial charge is 0.350 e. The van der Waals surface area contributed by atoms with E-state index in [0.717, 1.165) is 12.1 Å². The van der Waals surface area contributed by atoms with Gasteiger partial charge in [0.25, 0.3) is 0 Å². The Bertz CT molecular complexity index is 544. The molecule has 0 saturated heterocycles. The zero-order valence-corrected chi connectivity index (χ0v) is 13.1. The van der Waals surface area contributed by atoms with Gasteiger partial charge in [-0.15, -0.1) is 11.3 Å². The van der Waals surface area contributed by atoms with E-state index >= 15 is 0 Å². The first kappa shape index (κ1) is 15.6. The molecule has 0 radical (unpaired) electrons. The van der Waals surface area contributed by atoms with Gasteiger partial charge in [0.15, 0.2) is 0 Å². The predicted octanol–water partition coefficient (Wildman–Crippen LogP) is 1.72. The van der Waals surface area contributed by atoms with E-state index in [0.29, 0.717) is 13.1 Å². The van der Waals surface area contributed by atoms with Crippen LogP contribution < -0.4 is 5.32 Å². The van der Waals surface area contributed by atoms with Crippen molar-refractivity contribution in [1.29, 1.82) is 0 Å². The van der Waals surface area contributed by atoms with Gasteiger partial charge in [-0.1, -0.05) is 6.07 Å². The standard InChI is InChI=1S/C15H20N4OS/c1-12(8-13-9-16-5-6-17-13)19(2)11-15(20)18-10-14-4-3-7-21-14/h3-7,9,12H,8,10-11H2,1-2H3,(H,18,20). The van der Waals surface area contributed by atoms with Crippen molar-refractivity contribution in [3.63, 3.8) is 0 Å². The lowest BCUT2D eigenvalue weighted by Crippen LogP contribution is -2.40. The molecule has 0 aliphatic carbocycles. The Hall–Kier alpha value is -1.79. The number of rotatable bonds is 7. The second kappa shape index (κ2) is 7.85. The summed E-state index contributed by atoms with van der Waals surface area (Å²) in [5.74, 6) is 0.0388. The summed E-state index contributed by atoms with van der Waals surface area (Å²) in [5, 5.41) is 4.95. The molecule has 1 amide bonds. The average molecular weight is 304 g/mol. The van der Waals surface area contributed by atoms with E-state index in [-0.39, 0.29) is 11.9 Å². The minimum Gasteiger partial charge on any atom is -0.350 e. The van der Waals surface area contributed by atoms with Crippen molar-refractivity contribution in [2.45, 2.75) is 25.9 Å². The molecule has 2 heterocycles. The first-order valence-electron chi connectivity index (χ1n) is 6.89. The van der Waals surface area contributed by atoms with Gasteiger partial charge in [0.05, 0.1) is 18.8 Å². The second-order valence-electron chi connectivity index (χ2n) is 5.02. The Balaban J connectivity index is 1.74. The van der Waals surface area contributed by atoms with Crippen LogP contribution in [0.4, 0.5) is 0 Å². The Morgan fingerprint density at radius 1 is 1.48 bits per heavy atom. The van der Waals surface area contributed by atoms with Crippen LogP contribution in [-0.4, -0.2) is 40.4 Å². The number of nitrogens with one attached hydrogen (secondary N) is 1. The van der Waals surface area contributed by atoms with E-state index < -0.39 is 0 Å². The maximum absolute atomic E-state index is 11.9. The highest BCUT2D eigenvalue weighted by Crippen LogP contribution is 2.07. The Kier molecular flexibility index (Phi) is 5.83. The topological polar surface area (TPSA) is 58.1 Å². The van der Waals surface area contributed by atoms with Gasteiger partial charge < -0.3 is 5.32 Å². The zero-order valence-electron chi connectivity index (χ0n) is 12.3. The average Bonchev–Trinajstić information content (AvgIpc) is 2.99. The number of amides is 1. The molecular weight excluding hydrogens is 284 g/mol. The van der Waals surface area contributed by atoms with Gasteiger partial charge >= 0.3 is 0 Å². The monoisotopic (exact) mass is 304 g/mol. The van der Waals surface area contributed by atoms with Crippen LogP contribution in [0.25, 0.3) is 0 Å². The van der Waals surface area contributed by atoms with Crippen molar-refractivity contribution >= 4 is 17.2 Å². The van der Waals surface area contributed by atoms with Crippen molar-refractivity contribution in [2.75, 3.05) is 13.6 Å². The highest BCUT2D eigenvalue weighted by atomic mass is 32.1. The number of carbonyl (C=O) groups is 1. The van der Waals surface area contributed by atoms with Crippen LogP contribution in [-0.2, 0) is 17.8 Å². The highest BCUT2D eigenvalue weighted by Gasteiger charge is 2.14. The van der Waals surface area contributed by atoms with Gasteiger partial charge in [-0.05, 0) is 25.4 Å². The van der Waals surface area contributed by atoms with E-state index in [1.54, 1.807) is 29.9 Å². The summed E-state index contributed by atoms with van der Waals surface area (Å²) < 4.78 is 0. The quantitative estimate of drug-likeness (QED) is 0.846. The molecular formula is C15H20N4OS. The third kappa shape index (κ3) is 5.24. The molecule has 2 aromatic heterocycles. The maximum atomic E-state index is 11.9. The number of thiophene rings is 1. The van der Waals surface area contributed by atoms with E-state index in [1.807, 2.05) is 29.5 Å². The van der Waals surface area contributed by atoms with Gasteiger partial charge in [-0.3, -0.25) is 19.7 Å². The van der Waals surface area contributed by atoms with Crippen LogP contribution in [0.15, 0.2) is 36.1 Å². The Morgan fingerprint density at radius 3 is 3.00 bits per heavy atom. The summed E-state index contributed by atoms with van der Waals surface area (Å²) in [4.78, 5) is 23.4. The van der Waals surface area contributed by atoms with Gasteiger partial charge in [0.1, 0.15) is 0 Å². The number of likely N-dealkylation sites (N-methyl/N-ethyl adjacent to an activating group) is 1. The molecule has 0 saturated carbocycles. The minimum atomic E-state index is 0.0388. The molecule has 0 aromatic carbocycles. The third-order valence-electron chi connectivity index (χ3n) is 3.31. The molecule has 6 heteroatoms. The summed E-state index contributed by atoms with van der Waals surface area (Å²) in [6, 6.07) is 4.24. The fourth-order valence-electron chi connectivity index (χ4n) is 1.93. The van der Waals surface area contributed by atoms with Crippen molar-refractivity contribution in [3.8, 4) is 0 Å². The van der Waals surface area contributed by atoms with Gasteiger partial charge in [-0.2, -0.15) is 0 Å². The molecule has 2 aromatic rings. The molecule has 0 aliphatic heterocycles. The Labute approximate surface area is 129 Å². The molecule has 21 heavy (non-hydrogen) atoms. The van der Waals surface area contributed by atoms with Crippen molar-refractivity contribution in [3.05, 3.63) is 46.7 Å². The van der Waals surface area contributed by atoms with E-state index in [9.17, 15) is 4.79 Å². The summed E-state index contributed by atoms with van der Waals surface area (Å²) in [6.45, 7) is 3.07. The molecule has 1 atom stereocenters. The lowest BCUT2D eigenvalue weighted by molar-refractivity contribution is -0.122. The first-order chi connectivity index (χ1) is 10.1. The molecule has 112 valence electrons. The highest BCUT2D eigenvalue weighted by molar-refractivity contribution is 7.09. The number of nitrogens with zero attached hydrogens (tertiary/aromatic N) is 3. The first-order valence-corrected chi connectivity index (χ1v) is 7.77. The molecule has 0 spiro atoms. The maximum Gasteiger partial charge on any atom is 0.234 e. The predicted molar refractivity (Wildman–Crippen MR) is 84.0 cm³/mol. The van der Waals surface area contributed by atoms with Crippen LogP contribution in [0.2, 0.25) is 0 Å². The second-order valence-corrected chi connectivity index (χ2v) is 6.05. The van der Waals surface area contributed by atoms with Crippen LogP contribution >= 0.6 is 11.3 Å². The van der Waals surface area contributed by atoms with Gasteiger partial charge in [0, 0.05) is 35.9 Å². The van der Waals surface area contributed by atoms with E-state index in [4.69, 9.17) is 0 Å². The van der Waals surface area contributed by atoms with Crippen molar-refractivity contribution in [2.24, 2.45) is 0 Å². The summed E-state index contributed by atoms with van der Waals surface area (Å²) in [5.41, 5.74) is 0.941. The number of aromatic nitrogens is 2. The van der Waals surface area contributed by atoms with Crippen molar-refractivity contribution < 1.29 is 4.79 Å². The lowest BCUT2D eigenvalue weighted by Gasteiger charge is -2.23. The molecule has 0 fully saturated rings. The van der Waals surface area contributed by atoms with Gasteiger partial charge in [-0.25, -0.2) is 0 Å². The third-order valence-corrected chi connectivity index (χ3v) is 4.18. The molecule has 2 rings (SSSR count). The number of hydrogen-bond acceptors (Lipinski definition) is 5. The number of carbonyl (C=O) groups excluding carboxylic acids is 1. The lowest BCUT2D eigenvalue weighted by atomic mass is 10.1. The smallest absolute Gasteiger partial charge is 0.234 e. The van der Waals surface area contributed by atoms with E-state index in [2.05, 4.69) is 22.2 Å². The fraction of sp³-hybridized carbons (Fsp3) is 0.400. The fourth-order valence-corrected chi connectivity index (χ4v) is 2.58. The molecule has 1 N–H and O–H groups in total. The normalized spacial score (nSPS) is 12.3. The van der Waals surface area contributed by atoms with Crippen LogP contribution in [0, 0.1) is 0 Å². The molecule has 0 aliphatic rings. The summed E-state index contributed by atoms with van der Waals surface area (Å²) >= 11 is 1.65. The van der Waals surface area contributed by atoms with E-state index in [1.165, 1.54) is 4.88 Å². The Morgan fingerprint density at radius 2 is 2.33 bits per heavy atom. The summed E-state index contributed by atoms with van der Waals surface area (Å²) in [7, 11) is 1.95. The molecule has 0 bridgehead atoms. The minimum absolute atomic E-state index is 0.0388.